The van der Waals surface area contributed by atoms with Gasteiger partial charge in [0.2, 0.25) is 0 Å². The highest BCUT2D eigenvalue weighted by molar-refractivity contribution is 7.80. The van der Waals surface area contributed by atoms with Gasteiger partial charge in [0.1, 0.15) is 5.57 Å². The number of thiocarbonyl (C=S) groups is 1. The lowest BCUT2D eigenvalue weighted by molar-refractivity contribution is -0.122. The highest BCUT2D eigenvalue weighted by atomic mass is 35.5. The lowest BCUT2D eigenvalue weighted by Gasteiger charge is -2.29. The second-order valence-electron chi connectivity index (χ2n) is 7.89. The minimum absolute atomic E-state index is 0.0729. The van der Waals surface area contributed by atoms with Crippen LogP contribution in [0.15, 0.2) is 42.0 Å². The van der Waals surface area contributed by atoms with Crippen LogP contribution in [0.3, 0.4) is 0 Å². The second-order valence-corrected chi connectivity index (χ2v) is 8.66. The average molecular weight is 454 g/mol. The minimum Gasteiger partial charge on any atom is -0.371 e. The fraction of sp³-hybridized carbons (Fsp3) is 0.292. The number of carbonyl (C=O) groups excluding carboxylic acids is 2. The highest BCUT2D eigenvalue weighted by Gasteiger charge is 2.34. The maximum absolute atomic E-state index is 13.2. The molecule has 1 saturated heterocycles. The number of alkyl halides is 1. The first-order valence-electron chi connectivity index (χ1n) is 10.3. The quantitative estimate of drug-likeness (QED) is 0.320. The molecule has 1 fully saturated rings. The van der Waals surface area contributed by atoms with Crippen molar-refractivity contribution in [2.45, 2.75) is 26.7 Å². The smallest absolute Gasteiger partial charge is 0.270 e. The second kappa shape index (κ2) is 8.81. The third kappa shape index (κ3) is 4.23. The van der Waals surface area contributed by atoms with E-state index in [0.717, 1.165) is 42.6 Å². The first kappa shape index (κ1) is 21.5. The number of hydrogen-bond donors (Lipinski definition) is 1. The number of hydrogen-bond acceptors (Lipinski definition) is 4. The van der Waals surface area contributed by atoms with Crippen molar-refractivity contribution < 1.29 is 9.59 Å². The van der Waals surface area contributed by atoms with Gasteiger partial charge < -0.3 is 4.90 Å². The Morgan fingerprint density at radius 2 is 1.94 bits per heavy atom. The zero-order chi connectivity index (χ0) is 22.1. The number of halogens is 1. The molecule has 160 valence electrons. The molecule has 0 unspecified atom stereocenters. The highest BCUT2D eigenvalue weighted by Crippen LogP contribution is 2.30. The maximum Gasteiger partial charge on any atom is 0.270 e. The molecule has 1 N–H and O–H groups in total. The Labute approximate surface area is 192 Å². The van der Waals surface area contributed by atoms with E-state index in [1.54, 1.807) is 6.08 Å². The number of aryl methyl sites for hydroxylation is 2. The van der Waals surface area contributed by atoms with Gasteiger partial charge in [0.05, 0.1) is 5.69 Å². The van der Waals surface area contributed by atoms with Crippen molar-refractivity contribution in [1.82, 2.24) is 5.32 Å². The molecule has 0 saturated carbocycles. The van der Waals surface area contributed by atoms with Crippen LogP contribution in [0, 0.1) is 13.8 Å². The third-order valence-electron chi connectivity index (χ3n) is 5.82. The largest absolute Gasteiger partial charge is 0.371 e. The molecule has 5 nitrogen and oxygen atoms in total. The van der Waals surface area contributed by atoms with Gasteiger partial charge in [0.25, 0.3) is 11.8 Å². The summed E-state index contributed by atoms with van der Waals surface area (Å²) in [5.74, 6) is -0.243. The molecule has 0 aromatic heterocycles. The number of anilines is 2. The Bertz CT molecular complexity index is 1110. The van der Waals surface area contributed by atoms with E-state index in [1.807, 2.05) is 38.1 Å². The number of carbonyl (C=O) groups is 2. The number of rotatable bonds is 5. The van der Waals surface area contributed by atoms with Crippen molar-refractivity contribution in [3.8, 4) is 0 Å². The molecule has 2 amide bonds. The zero-order valence-electron chi connectivity index (χ0n) is 17.6. The van der Waals surface area contributed by atoms with Crippen molar-refractivity contribution in [3.63, 3.8) is 0 Å². The Hall–Kier alpha value is -2.70. The fourth-order valence-electron chi connectivity index (χ4n) is 3.99. The van der Waals surface area contributed by atoms with Gasteiger partial charge in [-0.2, -0.15) is 0 Å². The Morgan fingerprint density at radius 3 is 2.68 bits per heavy atom. The topological polar surface area (TPSA) is 52.7 Å². The first-order valence-corrected chi connectivity index (χ1v) is 11.3. The van der Waals surface area contributed by atoms with Gasteiger partial charge in [-0.25, -0.2) is 0 Å². The van der Waals surface area contributed by atoms with Gasteiger partial charge in [0, 0.05) is 24.7 Å². The lowest BCUT2D eigenvalue weighted by Crippen LogP contribution is -2.54. The van der Waals surface area contributed by atoms with Crippen LogP contribution in [0.25, 0.3) is 6.08 Å². The van der Waals surface area contributed by atoms with Gasteiger partial charge in [0.15, 0.2) is 5.11 Å². The zero-order valence-corrected chi connectivity index (χ0v) is 19.1. The minimum atomic E-state index is -0.473. The summed E-state index contributed by atoms with van der Waals surface area (Å²) in [6, 6.07) is 11.7. The van der Waals surface area contributed by atoms with Crippen LogP contribution >= 0.6 is 23.8 Å². The molecule has 0 aliphatic carbocycles. The van der Waals surface area contributed by atoms with Crippen molar-refractivity contribution in [2.75, 3.05) is 28.8 Å². The first-order chi connectivity index (χ1) is 14.9. The molecular weight excluding hydrogens is 430 g/mol. The summed E-state index contributed by atoms with van der Waals surface area (Å²) in [6.45, 7) is 5.88. The molecule has 2 aliphatic heterocycles. The number of benzene rings is 2. The molecule has 0 radical (unpaired) electrons. The lowest BCUT2D eigenvalue weighted by atomic mass is 10.0. The summed E-state index contributed by atoms with van der Waals surface area (Å²) in [5.41, 5.74) is 6.13. The van der Waals surface area contributed by atoms with E-state index in [2.05, 4.69) is 22.3 Å². The van der Waals surface area contributed by atoms with E-state index in [-0.39, 0.29) is 10.7 Å². The summed E-state index contributed by atoms with van der Waals surface area (Å²) >= 11 is 11.1. The summed E-state index contributed by atoms with van der Waals surface area (Å²) < 4.78 is 0. The maximum atomic E-state index is 13.2. The number of fused-ring (bicyclic) bond motifs is 1. The Balaban J connectivity index is 1.64. The van der Waals surface area contributed by atoms with Crippen LogP contribution in [-0.4, -0.2) is 35.9 Å². The summed E-state index contributed by atoms with van der Waals surface area (Å²) in [4.78, 5) is 29.5. The van der Waals surface area contributed by atoms with Gasteiger partial charge in [-0.1, -0.05) is 12.1 Å². The van der Waals surface area contributed by atoms with Crippen LogP contribution in [0.4, 0.5) is 11.4 Å². The van der Waals surface area contributed by atoms with Gasteiger partial charge in [-0.3, -0.25) is 19.8 Å². The molecule has 0 atom stereocenters. The molecule has 0 bridgehead atoms. The van der Waals surface area contributed by atoms with Crippen LogP contribution in [0.2, 0.25) is 0 Å². The Kier molecular flexibility index (Phi) is 6.12. The van der Waals surface area contributed by atoms with E-state index in [4.69, 9.17) is 23.8 Å². The monoisotopic (exact) mass is 453 g/mol. The van der Waals surface area contributed by atoms with Gasteiger partial charge in [-0.05, 0) is 91.5 Å². The average Bonchev–Trinajstić information content (AvgIpc) is 3.14. The van der Waals surface area contributed by atoms with E-state index in [0.29, 0.717) is 11.6 Å². The standard InChI is InChI=1S/C24H24ClN3O2S/c1-15-4-6-19(12-16(15)2)28-23(30)20(22(29)26-24(28)31)14-17-5-7-21-18(13-17)8-11-27(21)10-3-9-25/h4-7,12-14H,3,8-11H2,1-2H3,(H,26,29,31). The van der Waals surface area contributed by atoms with Crippen molar-refractivity contribution in [1.29, 1.82) is 0 Å². The number of amides is 2. The SMILES string of the molecule is Cc1ccc(N2C(=O)C(=Cc3ccc4c(c3)CCN4CCCCl)C(=O)NC2=S)cc1C. The molecule has 0 spiro atoms. The summed E-state index contributed by atoms with van der Waals surface area (Å²) in [5, 5.41) is 2.75. The van der Waals surface area contributed by atoms with Crippen LogP contribution in [0.1, 0.15) is 28.7 Å². The molecular formula is C24H24ClN3O2S. The van der Waals surface area contributed by atoms with Gasteiger partial charge in [-0.15, -0.1) is 11.6 Å². The predicted octanol–water partition coefficient (Wildman–Crippen LogP) is 4.13. The third-order valence-corrected chi connectivity index (χ3v) is 6.37. The number of nitrogens with one attached hydrogen (secondary N) is 1. The summed E-state index contributed by atoms with van der Waals surface area (Å²) in [6.07, 6.45) is 3.53. The molecule has 4 rings (SSSR count). The molecule has 31 heavy (non-hydrogen) atoms. The van der Waals surface area contributed by atoms with E-state index in [1.165, 1.54) is 16.2 Å². The van der Waals surface area contributed by atoms with Crippen LogP contribution < -0.4 is 15.1 Å². The van der Waals surface area contributed by atoms with Crippen LogP contribution in [0.5, 0.6) is 0 Å². The van der Waals surface area contributed by atoms with E-state index in [9.17, 15) is 9.59 Å². The predicted molar refractivity (Wildman–Crippen MR) is 130 cm³/mol. The molecule has 2 aliphatic rings. The van der Waals surface area contributed by atoms with Gasteiger partial charge >= 0.3 is 0 Å². The van der Waals surface area contributed by atoms with E-state index >= 15 is 0 Å². The fourth-order valence-corrected chi connectivity index (χ4v) is 4.39. The van der Waals surface area contributed by atoms with Crippen molar-refractivity contribution in [3.05, 3.63) is 64.2 Å². The molecule has 7 heteroatoms. The number of nitrogens with zero attached hydrogens (tertiary/aromatic N) is 2. The molecule has 2 aromatic carbocycles. The Morgan fingerprint density at radius 1 is 1.13 bits per heavy atom. The molecule has 2 heterocycles. The van der Waals surface area contributed by atoms with Crippen molar-refractivity contribution in [2.24, 2.45) is 0 Å². The normalized spacial score (nSPS) is 17.4. The van der Waals surface area contributed by atoms with Crippen LogP contribution in [-0.2, 0) is 16.0 Å². The van der Waals surface area contributed by atoms with E-state index < -0.39 is 11.8 Å². The van der Waals surface area contributed by atoms with Crippen molar-refractivity contribution >= 4 is 58.2 Å². The summed E-state index contributed by atoms with van der Waals surface area (Å²) in [7, 11) is 0. The molecule has 2 aromatic rings.